The molecule has 6 rings (SSSR count). The zero-order valence-corrected chi connectivity index (χ0v) is 17.3. The Bertz CT molecular complexity index is 1440. The van der Waals surface area contributed by atoms with Crippen LogP contribution in [0.1, 0.15) is 33.8 Å². The van der Waals surface area contributed by atoms with E-state index in [2.05, 4.69) is 30.2 Å². The van der Waals surface area contributed by atoms with Gasteiger partial charge >= 0.3 is 11.8 Å². The quantitative estimate of drug-likeness (QED) is 0.423. The fourth-order valence-corrected chi connectivity index (χ4v) is 4.16. The molecule has 1 atom stereocenters. The molecule has 0 bridgehead atoms. The molecule has 0 fully saturated rings. The van der Waals surface area contributed by atoms with E-state index >= 15 is 0 Å². The molecule has 5 aromatic rings. The Morgan fingerprint density at radius 2 is 2.09 bits per heavy atom. The number of carbonyl (C=O) groups is 1. The Hall–Kier alpha value is -4.05. The first-order chi connectivity index (χ1) is 15.7. The van der Waals surface area contributed by atoms with Gasteiger partial charge in [0.1, 0.15) is 16.9 Å². The van der Waals surface area contributed by atoms with Crippen LogP contribution in [0.5, 0.6) is 0 Å². The highest BCUT2D eigenvalue weighted by Gasteiger charge is 2.38. The number of H-pyrrole nitrogens is 1. The number of halogens is 1. The van der Waals surface area contributed by atoms with Gasteiger partial charge in [-0.05, 0) is 30.3 Å². The molecule has 0 saturated carbocycles. The van der Waals surface area contributed by atoms with Crippen LogP contribution in [0, 0.1) is 0 Å². The molecular formula is C21H15ClN8O2. The van der Waals surface area contributed by atoms with E-state index in [-0.39, 0.29) is 11.8 Å². The van der Waals surface area contributed by atoms with Crippen molar-refractivity contribution in [2.45, 2.75) is 12.5 Å². The number of rotatable bonds is 3. The third kappa shape index (κ3) is 2.95. The lowest BCUT2D eigenvalue weighted by Gasteiger charge is -2.32. The van der Waals surface area contributed by atoms with Gasteiger partial charge in [-0.2, -0.15) is 5.10 Å². The molecule has 158 valence electrons. The largest absolute Gasteiger partial charge is 0.411 e. The van der Waals surface area contributed by atoms with Crippen molar-refractivity contribution in [3.63, 3.8) is 0 Å². The molecule has 0 spiro atoms. The molecule has 32 heavy (non-hydrogen) atoms. The lowest BCUT2D eigenvalue weighted by atomic mass is 9.99. The van der Waals surface area contributed by atoms with Crippen LogP contribution in [0.2, 0.25) is 5.15 Å². The lowest BCUT2D eigenvalue weighted by Crippen LogP contribution is -2.41. The van der Waals surface area contributed by atoms with Gasteiger partial charge in [-0.1, -0.05) is 23.7 Å². The third-order valence-electron chi connectivity index (χ3n) is 5.42. The van der Waals surface area contributed by atoms with E-state index in [1.54, 1.807) is 40.1 Å². The average molecular weight is 447 g/mol. The summed E-state index contributed by atoms with van der Waals surface area (Å²) in [7, 11) is 0. The van der Waals surface area contributed by atoms with Crippen molar-refractivity contribution in [3.05, 3.63) is 83.1 Å². The zero-order valence-electron chi connectivity index (χ0n) is 16.5. The highest BCUT2D eigenvalue weighted by atomic mass is 35.5. The van der Waals surface area contributed by atoms with Crippen molar-refractivity contribution in [1.29, 1.82) is 0 Å². The van der Waals surface area contributed by atoms with Crippen LogP contribution >= 0.6 is 11.6 Å². The van der Waals surface area contributed by atoms with Gasteiger partial charge in [0, 0.05) is 24.9 Å². The number of imidazole rings is 1. The van der Waals surface area contributed by atoms with Crippen LogP contribution < -0.4 is 0 Å². The summed E-state index contributed by atoms with van der Waals surface area (Å²) in [4.78, 5) is 26.9. The lowest BCUT2D eigenvalue weighted by molar-refractivity contribution is 0.0646. The van der Waals surface area contributed by atoms with Crippen LogP contribution in [0.3, 0.4) is 0 Å². The number of hydrogen-bond acceptors (Lipinski definition) is 7. The molecule has 10 nitrogen and oxygen atoms in total. The van der Waals surface area contributed by atoms with Crippen LogP contribution in [-0.2, 0) is 6.42 Å². The highest BCUT2D eigenvalue weighted by Crippen LogP contribution is 2.34. The first kappa shape index (κ1) is 18.7. The second-order valence-electron chi connectivity index (χ2n) is 7.30. The summed E-state index contributed by atoms with van der Waals surface area (Å²) in [6.07, 6.45) is 3.86. The number of pyridine rings is 2. The molecule has 11 heteroatoms. The van der Waals surface area contributed by atoms with E-state index in [9.17, 15) is 4.79 Å². The number of nitrogens with zero attached hydrogens (tertiary/aromatic N) is 7. The van der Waals surface area contributed by atoms with Gasteiger partial charge in [-0.15, -0.1) is 10.2 Å². The van der Waals surface area contributed by atoms with Crippen LogP contribution in [-0.4, -0.2) is 52.1 Å². The monoisotopic (exact) mass is 446 g/mol. The predicted molar refractivity (Wildman–Crippen MR) is 113 cm³/mol. The molecule has 1 aliphatic rings. The zero-order chi connectivity index (χ0) is 21.7. The summed E-state index contributed by atoms with van der Waals surface area (Å²) in [6, 6.07) is 12.2. The number of carbonyl (C=O) groups excluding carboxylic acids is 1. The topological polar surface area (TPSA) is 118 Å². The molecule has 0 saturated heterocycles. The average Bonchev–Trinajstić information content (AvgIpc) is 3.58. The van der Waals surface area contributed by atoms with Gasteiger partial charge in [-0.25, -0.2) is 9.50 Å². The molecule has 0 aliphatic carbocycles. The minimum atomic E-state index is -0.529. The Labute approximate surface area is 185 Å². The van der Waals surface area contributed by atoms with Crippen LogP contribution in [0.15, 0.2) is 59.4 Å². The smallest absolute Gasteiger partial charge is 0.312 e. The third-order valence-corrected chi connectivity index (χ3v) is 5.70. The fraction of sp³-hybridized carbons (Fsp3) is 0.143. The van der Waals surface area contributed by atoms with Gasteiger partial charge in [0.25, 0.3) is 5.89 Å². The maximum absolute atomic E-state index is 13.5. The summed E-state index contributed by atoms with van der Waals surface area (Å²) in [6.45, 7) is 0.432. The maximum Gasteiger partial charge on any atom is 0.312 e. The van der Waals surface area contributed by atoms with E-state index in [0.29, 0.717) is 29.5 Å². The van der Waals surface area contributed by atoms with E-state index in [4.69, 9.17) is 16.0 Å². The SMILES string of the molecule is O=C(c1nnc(-c2ccccn2)o1)N1CCc2[nH]cnc2[C@H]1c1cc2cccc(Cl)n2n1. The van der Waals surface area contributed by atoms with E-state index in [1.807, 2.05) is 24.3 Å². The fourth-order valence-electron chi connectivity index (χ4n) is 3.96. The number of nitrogens with one attached hydrogen (secondary N) is 1. The molecule has 5 aromatic heterocycles. The van der Waals surface area contributed by atoms with Gasteiger partial charge in [0.2, 0.25) is 0 Å². The Balaban J connectivity index is 1.41. The highest BCUT2D eigenvalue weighted by molar-refractivity contribution is 6.29. The molecule has 1 N–H and O–H groups in total. The minimum Gasteiger partial charge on any atom is -0.411 e. The first-order valence-electron chi connectivity index (χ1n) is 9.91. The van der Waals surface area contributed by atoms with Crippen molar-refractivity contribution in [1.82, 2.24) is 39.7 Å². The van der Waals surface area contributed by atoms with E-state index in [1.165, 1.54) is 0 Å². The number of amides is 1. The van der Waals surface area contributed by atoms with Crippen molar-refractivity contribution in [3.8, 4) is 11.6 Å². The molecule has 6 heterocycles. The Morgan fingerprint density at radius 3 is 2.94 bits per heavy atom. The maximum atomic E-state index is 13.5. The normalized spacial score (nSPS) is 15.8. The minimum absolute atomic E-state index is 0.114. The van der Waals surface area contributed by atoms with Gasteiger partial charge in [0.05, 0.1) is 23.2 Å². The number of fused-ring (bicyclic) bond motifs is 2. The van der Waals surface area contributed by atoms with Crippen LogP contribution in [0.25, 0.3) is 17.1 Å². The summed E-state index contributed by atoms with van der Waals surface area (Å²) >= 11 is 6.30. The predicted octanol–water partition coefficient (Wildman–Crippen LogP) is 2.94. The van der Waals surface area contributed by atoms with Crippen molar-refractivity contribution in [2.75, 3.05) is 6.54 Å². The molecule has 0 unspecified atom stereocenters. The van der Waals surface area contributed by atoms with Crippen molar-refractivity contribution >= 4 is 23.0 Å². The van der Waals surface area contributed by atoms with Crippen molar-refractivity contribution < 1.29 is 9.21 Å². The number of hydrogen-bond donors (Lipinski definition) is 1. The van der Waals surface area contributed by atoms with E-state index < -0.39 is 11.9 Å². The Kier molecular flexibility index (Phi) is 4.25. The van der Waals surface area contributed by atoms with Gasteiger partial charge in [-0.3, -0.25) is 9.78 Å². The van der Waals surface area contributed by atoms with Gasteiger partial charge < -0.3 is 14.3 Å². The van der Waals surface area contributed by atoms with Crippen LogP contribution in [0.4, 0.5) is 0 Å². The van der Waals surface area contributed by atoms with Crippen molar-refractivity contribution in [2.24, 2.45) is 0 Å². The molecule has 0 radical (unpaired) electrons. The second kappa shape index (κ2) is 7.27. The second-order valence-corrected chi connectivity index (χ2v) is 7.69. The van der Waals surface area contributed by atoms with Gasteiger partial charge in [0.15, 0.2) is 0 Å². The summed E-state index contributed by atoms with van der Waals surface area (Å²) in [5, 5.41) is 13.1. The molecule has 1 aliphatic heterocycles. The molecule has 1 amide bonds. The first-order valence-corrected chi connectivity index (χ1v) is 10.3. The summed E-state index contributed by atoms with van der Waals surface area (Å²) < 4.78 is 7.30. The molecule has 0 aromatic carbocycles. The Morgan fingerprint density at radius 1 is 1.16 bits per heavy atom. The number of aromatic nitrogens is 7. The summed E-state index contributed by atoms with van der Waals surface area (Å²) in [5.41, 5.74) is 3.65. The van der Waals surface area contributed by atoms with E-state index in [0.717, 1.165) is 16.9 Å². The molecular weight excluding hydrogens is 432 g/mol. The summed E-state index contributed by atoms with van der Waals surface area (Å²) in [5.74, 6) is -0.333. The number of aromatic amines is 1. The standard InChI is InChI=1S/C21H15ClN8O2/c22-16-6-3-4-12-10-15(28-30(12)16)18-17-13(24-11-25-17)7-9-29(18)21(31)20-27-26-19(32-20)14-5-1-2-8-23-14/h1-6,8,10-11,18H,7,9H2,(H,24,25)/t18-/m1/s1.